The minimum atomic E-state index is -0.343. The van der Waals surface area contributed by atoms with Gasteiger partial charge >= 0.3 is 12.1 Å². The molecule has 132 valence electrons. The Kier molecular flexibility index (Phi) is 7.37. The molecule has 4 amide bonds. The van der Waals surface area contributed by atoms with Crippen molar-refractivity contribution in [2.24, 2.45) is 0 Å². The van der Waals surface area contributed by atoms with E-state index in [0.717, 1.165) is 17.5 Å². The minimum absolute atomic E-state index is 0.0578. The van der Waals surface area contributed by atoms with E-state index in [9.17, 15) is 9.59 Å². The fourth-order valence-corrected chi connectivity index (χ4v) is 2.36. The maximum atomic E-state index is 11.4. The van der Waals surface area contributed by atoms with Crippen LogP contribution in [-0.4, -0.2) is 24.1 Å². The highest BCUT2D eigenvalue weighted by Crippen LogP contribution is 2.16. The van der Waals surface area contributed by atoms with E-state index in [1.54, 1.807) is 0 Å². The number of hydrogen-bond acceptors (Lipinski definition) is 2. The smallest absolute Gasteiger partial charge is 0.320 e. The van der Waals surface area contributed by atoms with Gasteiger partial charge in [-0.3, -0.25) is 0 Å². The Morgan fingerprint density at radius 3 is 1.36 bits per heavy atom. The van der Waals surface area contributed by atoms with E-state index in [0.29, 0.717) is 11.4 Å². The Labute approximate surface area is 155 Å². The van der Waals surface area contributed by atoms with Gasteiger partial charge in [-0.15, -0.1) is 23.2 Å². The number of benzene rings is 2. The molecule has 0 radical (unpaired) electrons. The molecule has 0 saturated heterocycles. The lowest BCUT2D eigenvalue weighted by molar-refractivity contribution is 0.252. The molecule has 0 fully saturated rings. The van der Waals surface area contributed by atoms with Gasteiger partial charge in [0.05, 0.1) is 12.0 Å². The van der Waals surface area contributed by atoms with Crippen molar-refractivity contribution in [3.8, 4) is 0 Å². The number of anilines is 2. The number of halogens is 2. The molecule has 0 unspecified atom stereocenters. The monoisotopic (exact) mass is 380 g/mol. The maximum Gasteiger partial charge on any atom is 0.320 e. The summed E-state index contributed by atoms with van der Waals surface area (Å²) in [7, 11) is 0. The molecule has 0 aliphatic rings. The van der Waals surface area contributed by atoms with Crippen LogP contribution in [0.25, 0.3) is 0 Å². The van der Waals surface area contributed by atoms with Crippen molar-refractivity contribution in [2.45, 2.75) is 6.42 Å². The predicted molar refractivity (Wildman–Crippen MR) is 101 cm³/mol. The predicted octanol–water partition coefficient (Wildman–Crippen LogP) is 3.91. The second-order valence-corrected chi connectivity index (χ2v) is 5.63. The zero-order valence-electron chi connectivity index (χ0n) is 13.3. The topological polar surface area (TPSA) is 82.3 Å². The summed E-state index contributed by atoms with van der Waals surface area (Å²) >= 11 is 10.9. The molecule has 0 bridgehead atoms. The van der Waals surface area contributed by atoms with Gasteiger partial charge in [-0.2, -0.15) is 0 Å². The molecular weight excluding hydrogens is 363 g/mol. The first-order valence-electron chi connectivity index (χ1n) is 7.50. The summed E-state index contributed by atoms with van der Waals surface area (Å²) in [6, 6.07) is 14.5. The van der Waals surface area contributed by atoms with E-state index < -0.39 is 0 Å². The van der Waals surface area contributed by atoms with Gasteiger partial charge in [0.15, 0.2) is 0 Å². The van der Waals surface area contributed by atoms with Gasteiger partial charge in [-0.05, 0) is 41.8 Å². The number of rotatable bonds is 6. The lowest BCUT2D eigenvalue weighted by Gasteiger charge is -2.08. The Hall–Kier alpha value is -2.44. The summed E-state index contributed by atoms with van der Waals surface area (Å²) in [5, 5.41) is 10.3. The normalized spacial score (nSPS) is 10.0. The zero-order valence-corrected chi connectivity index (χ0v) is 14.8. The summed E-state index contributed by atoms with van der Waals surface area (Å²) < 4.78 is 0. The molecule has 0 heterocycles. The first-order valence-corrected chi connectivity index (χ1v) is 8.57. The third-order valence-corrected chi connectivity index (χ3v) is 3.55. The van der Waals surface area contributed by atoms with E-state index in [4.69, 9.17) is 23.2 Å². The lowest BCUT2D eigenvalue weighted by Crippen LogP contribution is -2.27. The van der Waals surface area contributed by atoms with Crippen molar-refractivity contribution in [1.82, 2.24) is 10.6 Å². The Morgan fingerprint density at radius 1 is 0.680 bits per heavy atom. The Balaban J connectivity index is 1.91. The van der Waals surface area contributed by atoms with Gasteiger partial charge in [0, 0.05) is 11.4 Å². The summed E-state index contributed by atoms with van der Waals surface area (Å²) in [5.41, 5.74) is 3.58. The fourth-order valence-electron chi connectivity index (χ4n) is 2.12. The second kappa shape index (κ2) is 9.76. The molecule has 0 aromatic heterocycles. The van der Waals surface area contributed by atoms with Crippen molar-refractivity contribution in [2.75, 3.05) is 22.6 Å². The third-order valence-electron chi connectivity index (χ3n) is 3.29. The van der Waals surface area contributed by atoms with Crippen LogP contribution in [0.15, 0.2) is 48.5 Å². The van der Waals surface area contributed by atoms with E-state index in [1.807, 2.05) is 48.5 Å². The van der Waals surface area contributed by atoms with E-state index in [1.165, 1.54) is 0 Å². The van der Waals surface area contributed by atoms with Crippen LogP contribution < -0.4 is 21.3 Å². The van der Waals surface area contributed by atoms with Crippen molar-refractivity contribution in [1.29, 1.82) is 0 Å². The molecule has 0 aliphatic carbocycles. The highest BCUT2D eigenvalue weighted by molar-refractivity contribution is 6.19. The highest BCUT2D eigenvalue weighted by Gasteiger charge is 2.03. The molecule has 6 nitrogen and oxygen atoms in total. The number of urea groups is 2. The number of alkyl halides is 2. The van der Waals surface area contributed by atoms with E-state index >= 15 is 0 Å². The zero-order chi connectivity index (χ0) is 18.1. The standard InChI is InChI=1S/C17H18Cl2N4O2/c18-10-20-16(24)22-14-5-1-12(2-6-14)9-13-3-7-15(8-4-13)23-17(25)21-11-19/h1-8H,9-11H2,(H2,20,22,24)(H2,21,23,25). The third kappa shape index (κ3) is 6.52. The Morgan fingerprint density at radius 2 is 1.04 bits per heavy atom. The second-order valence-electron chi connectivity index (χ2n) is 5.10. The Bertz CT molecular complexity index is 644. The summed E-state index contributed by atoms with van der Waals surface area (Å²) in [4.78, 5) is 22.8. The number of carbonyl (C=O) groups is 2. The van der Waals surface area contributed by atoms with E-state index in [2.05, 4.69) is 21.3 Å². The van der Waals surface area contributed by atoms with Gasteiger partial charge in [0.2, 0.25) is 0 Å². The number of amides is 4. The molecule has 4 N–H and O–H groups in total. The molecular formula is C17H18Cl2N4O2. The molecule has 0 aliphatic heterocycles. The largest absolute Gasteiger partial charge is 0.324 e. The van der Waals surface area contributed by atoms with Crippen molar-refractivity contribution in [3.63, 3.8) is 0 Å². The van der Waals surface area contributed by atoms with Crippen LogP contribution in [0.2, 0.25) is 0 Å². The maximum absolute atomic E-state index is 11.4. The average Bonchev–Trinajstić information content (AvgIpc) is 2.59. The van der Waals surface area contributed by atoms with Crippen LogP contribution in [-0.2, 0) is 6.42 Å². The van der Waals surface area contributed by atoms with Gasteiger partial charge in [0.25, 0.3) is 0 Å². The molecule has 2 aromatic carbocycles. The number of nitrogens with one attached hydrogen (secondary N) is 4. The SMILES string of the molecule is O=C(NCCl)Nc1ccc(Cc2ccc(NC(=O)NCCl)cc2)cc1. The van der Waals surface area contributed by atoms with Crippen LogP contribution in [0.1, 0.15) is 11.1 Å². The quantitative estimate of drug-likeness (QED) is 0.452. The molecule has 0 spiro atoms. The van der Waals surface area contributed by atoms with Crippen LogP contribution in [0.4, 0.5) is 21.0 Å². The minimum Gasteiger partial charge on any atom is -0.324 e. The van der Waals surface area contributed by atoms with Gasteiger partial charge in [-0.25, -0.2) is 9.59 Å². The number of hydrogen-bond donors (Lipinski definition) is 4. The lowest BCUT2D eigenvalue weighted by atomic mass is 10.0. The van der Waals surface area contributed by atoms with Crippen LogP contribution in [0.3, 0.4) is 0 Å². The highest BCUT2D eigenvalue weighted by atomic mass is 35.5. The van der Waals surface area contributed by atoms with Crippen LogP contribution in [0.5, 0.6) is 0 Å². The molecule has 25 heavy (non-hydrogen) atoms. The first-order chi connectivity index (χ1) is 12.1. The molecule has 2 aromatic rings. The summed E-state index contributed by atoms with van der Waals surface area (Å²) in [6.45, 7) is 0. The van der Waals surface area contributed by atoms with Crippen molar-refractivity contribution >= 4 is 46.6 Å². The number of carbonyl (C=O) groups excluding carboxylic acids is 2. The van der Waals surface area contributed by atoms with Gasteiger partial charge < -0.3 is 21.3 Å². The molecule has 0 saturated carbocycles. The van der Waals surface area contributed by atoms with Crippen molar-refractivity contribution in [3.05, 3.63) is 59.7 Å². The van der Waals surface area contributed by atoms with Gasteiger partial charge in [-0.1, -0.05) is 24.3 Å². The average molecular weight is 381 g/mol. The summed E-state index contributed by atoms with van der Waals surface area (Å²) in [5.74, 6) is 0. The molecule has 2 rings (SSSR count). The van der Waals surface area contributed by atoms with E-state index in [-0.39, 0.29) is 24.1 Å². The van der Waals surface area contributed by atoms with Gasteiger partial charge in [0.1, 0.15) is 0 Å². The molecule has 0 atom stereocenters. The fraction of sp³-hybridized carbons (Fsp3) is 0.176. The first kappa shape index (κ1) is 18.9. The van der Waals surface area contributed by atoms with Crippen molar-refractivity contribution < 1.29 is 9.59 Å². The van der Waals surface area contributed by atoms with Crippen LogP contribution in [0, 0.1) is 0 Å². The van der Waals surface area contributed by atoms with Crippen LogP contribution >= 0.6 is 23.2 Å². The molecule has 8 heteroatoms. The summed E-state index contributed by atoms with van der Waals surface area (Å²) in [6.07, 6.45) is 0.738.